The van der Waals surface area contributed by atoms with Gasteiger partial charge in [-0.3, -0.25) is 37.3 Å². The molecule has 0 aromatic rings. The van der Waals surface area contributed by atoms with Crippen molar-refractivity contribution in [3.8, 4) is 0 Å². The van der Waals surface area contributed by atoms with Gasteiger partial charge in [-0.2, -0.15) is 0 Å². The number of phosphoric acid groups is 2. The van der Waals surface area contributed by atoms with E-state index in [1.807, 2.05) is 0 Å². The van der Waals surface area contributed by atoms with Gasteiger partial charge in [0.25, 0.3) is 0 Å². The smallest absolute Gasteiger partial charge is 0.462 e. The van der Waals surface area contributed by atoms with Gasteiger partial charge in [0, 0.05) is 25.7 Å². The Morgan fingerprint density at radius 1 is 0.290 bits per heavy atom. The van der Waals surface area contributed by atoms with Crippen molar-refractivity contribution in [1.29, 1.82) is 0 Å². The average Bonchev–Trinajstić information content (AvgIpc) is 0.965. The first-order valence-corrected chi connectivity index (χ1v) is 41.4. The van der Waals surface area contributed by atoms with Crippen molar-refractivity contribution in [2.45, 2.75) is 316 Å². The number of aliphatic hydroxyl groups excluding tert-OH is 1. The second kappa shape index (κ2) is 72.5. The molecule has 0 aliphatic rings. The molecular formula is C81H136O17P2. The minimum Gasteiger partial charge on any atom is -0.462 e. The van der Waals surface area contributed by atoms with Crippen molar-refractivity contribution >= 4 is 39.5 Å². The Morgan fingerprint density at radius 3 is 0.810 bits per heavy atom. The van der Waals surface area contributed by atoms with E-state index < -0.39 is 97.5 Å². The maximum absolute atomic E-state index is 13.1. The molecule has 0 saturated heterocycles. The maximum atomic E-state index is 13.1. The molecular weight excluding hydrogens is 1310 g/mol. The molecule has 0 heterocycles. The molecule has 0 bridgehead atoms. The molecule has 0 aromatic heterocycles. The Bertz CT molecular complexity index is 2420. The predicted molar refractivity (Wildman–Crippen MR) is 408 cm³/mol. The van der Waals surface area contributed by atoms with Crippen LogP contribution in [0.3, 0.4) is 0 Å². The maximum Gasteiger partial charge on any atom is 0.472 e. The number of hydrogen-bond donors (Lipinski definition) is 3. The quantitative estimate of drug-likeness (QED) is 0.0169. The molecule has 5 unspecified atom stereocenters. The number of unbranched alkanes of at least 4 members (excludes halogenated alkanes) is 23. The Morgan fingerprint density at radius 2 is 0.520 bits per heavy atom. The third-order valence-corrected chi connectivity index (χ3v) is 17.5. The van der Waals surface area contributed by atoms with Crippen LogP contribution in [0.5, 0.6) is 0 Å². The second-order valence-electron chi connectivity index (χ2n) is 25.1. The molecule has 0 spiro atoms. The summed E-state index contributed by atoms with van der Waals surface area (Å²) >= 11 is 0. The van der Waals surface area contributed by atoms with E-state index in [9.17, 15) is 43.2 Å². The Balaban J connectivity index is 5.40. The average molecular weight is 1440 g/mol. The van der Waals surface area contributed by atoms with Crippen molar-refractivity contribution < 1.29 is 80.2 Å². The number of ether oxygens (including phenoxy) is 4. The number of phosphoric ester groups is 2. The SMILES string of the molecule is CC/C=C\C/C=C\C/C=C\C/C=C\CCCCCCC(=O)OCC(COP(=O)(O)OCC(O)COP(=O)(O)OCC(COC(=O)CCCCCCC/C=C\C/C=C\C/C=C\CC)OC(=O)CCCCCCC/C=C\C/C=C\C/C=C\CC)OC(=O)CCCCCCC/C=C\CCCCCC. The van der Waals surface area contributed by atoms with Crippen LogP contribution in [-0.4, -0.2) is 96.7 Å². The van der Waals surface area contributed by atoms with Gasteiger partial charge in [0.15, 0.2) is 12.2 Å². The summed E-state index contributed by atoms with van der Waals surface area (Å²) in [6, 6.07) is 0. The minimum atomic E-state index is -4.99. The van der Waals surface area contributed by atoms with Crippen LogP contribution in [0.4, 0.5) is 0 Å². The third-order valence-electron chi connectivity index (χ3n) is 15.6. The molecule has 100 heavy (non-hydrogen) atoms. The van der Waals surface area contributed by atoms with Crippen LogP contribution in [0.15, 0.2) is 134 Å². The highest BCUT2D eigenvalue weighted by Crippen LogP contribution is 2.45. The largest absolute Gasteiger partial charge is 0.472 e. The molecule has 0 aromatic carbocycles. The van der Waals surface area contributed by atoms with Crippen LogP contribution in [0.1, 0.15) is 297 Å². The first-order chi connectivity index (χ1) is 48.7. The number of allylic oxidation sites excluding steroid dienone is 22. The van der Waals surface area contributed by atoms with E-state index in [4.69, 9.17) is 37.0 Å². The van der Waals surface area contributed by atoms with E-state index in [2.05, 4.69) is 161 Å². The van der Waals surface area contributed by atoms with Gasteiger partial charge in [-0.15, -0.1) is 0 Å². The molecule has 19 heteroatoms. The van der Waals surface area contributed by atoms with Crippen molar-refractivity contribution in [3.05, 3.63) is 134 Å². The van der Waals surface area contributed by atoms with Gasteiger partial charge >= 0.3 is 39.5 Å². The molecule has 3 N–H and O–H groups in total. The van der Waals surface area contributed by atoms with E-state index in [-0.39, 0.29) is 25.7 Å². The van der Waals surface area contributed by atoms with Gasteiger partial charge in [-0.1, -0.05) is 251 Å². The summed E-state index contributed by atoms with van der Waals surface area (Å²) in [6.45, 7) is 4.44. The molecule has 0 aliphatic heterocycles. The zero-order valence-electron chi connectivity index (χ0n) is 62.3. The Labute approximate surface area is 605 Å². The highest BCUT2D eigenvalue weighted by molar-refractivity contribution is 7.47. The summed E-state index contributed by atoms with van der Waals surface area (Å²) in [6.07, 6.45) is 80.1. The number of carbonyl (C=O) groups is 4. The van der Waals surface area contributed by atoms with Gasteiger partial charge in [0.1, 0.15) is 19.3 Å². The summed E-state index contributed by atoms with van der Waals surface area (Å²) in [5, 5.41) is 10.6. The lowest BCUT2D eigenvalue weighted by Gasteiger charge is -2.21. The highest BCUT2D eigenvalue weighted by atomic mass is 31.2. The highest BCUT2D eigenvalue weighted by Gasteiger charge is 2.30. The predicted octanol–water partition coefficient (Wildman–Crippen LogP) is 22.1. The number of carbonyl (C=O) groups excluding carboxylic acids is 4. The van der Waals surface area contributed by atoms with Crippen LogP contribution in [0.2, 0.25) is 0 Å². The van der Waals surface area contributed by atoms with E-state index in [1.54, 1.807) is 0 Å². The topological polar surface area (TPSA) is 237 Å². The Kier molecular flexibility index (Phi) is 69.1. The van der Waals surface area contributed by atoms with Crippen LogP contribution in [-0.2, 0) is 65.4 Å². The standard InChI is InChI=1S/C81H136O17P2/c1-5-9-13-17-21-25-29-33-36-37-40-43-46-50-54-58-62-66-79(84)92-71-76(97-80(85)67-63-59-55-51-47-41-32-28-24-20-16-12-8-4)73-95-99(87,88)93-69-75(82)70-94-100(89,90)96-74-77(98-81(86)68-64-60-56-52-48-44-39-35-31-27-23-19-15-11-7-3)72-91-78(83)65-61-57-53-49-45-42-38-34-30-26-22-18-14-10-6-2/h9-11,13-15,21-23,25-28,32-36,38-40,43,75-77,82H,5-8,12,16-20,24,29-31,37,41-42,44-74H2,1-4H3,(H,87,88)(H,89,90)/b13-9-,14-10-,15-11-,25-21-,26-22-,27-23-,32-28-,36-33-,38-34-,39-35-,43-40-. The van der Waals surface area contributed by atoms with E-state index in [0.29, 0.717) is 25.7 Å². The lowest BCUT2D eigenvalue weighted by molar-refractivity contribution is -0.161. The fraction of sp³-hybridized carbons (Fsp3) is 0.679. The zero-order chi connectivity index (χ0) is 73.2. The molecule has 5 atom stereocenters. The number of aliphatic hydroxyl groups is 1. The van der Waals surface area contributed by atoms with Crippen molar-refractivity contribution in [1.82, 2.24) is 0 Å². The fourth-order valence-electron chi connectivity index (χ4n) is 9.82. The normalized spacial score (nSPS) is 14.7. The summed E-state index contributed by atoms with van der Waals surface area (Å²) < 4.78 is 68.5. The molecule has 0 aliphatic carbocycles. The van der Waals surface area contributed by atoms with Crippen LogP contribution in [0, 0.1) is 0 Å². The number of hydrogen-bond acceptors (Lipinski definition) is 15. The number of rotatable bonds is 71. The molecule has 17 nitrogen and oxygen atoms in total. The number of esters is 4. The minimum absolute atomic E-state index is 0.0679. The van der Waals surface area contributed by atoms with Gasteiger partial charge in [-0.05, 0) is 154 Å². The molecule has 0 fully saturated rings. The second-order valence-corrected chi connectivity index (χ2v) is 28.1. The Hall–Kier alpha value is -4.80. The molecule has 0 rings (SSSR count). The molecule has 0 radical (unpaired) electrons. The molecule has 572 valence electrons. The van der Waals surface area contributed by atoms with Crippen LogP contribution < -0.4 is 0 Å². The van der Waals surface area contributed by atoms with Crippen molar-refractivity contribution in [3.63, 3.8) is 0 Å². The van der Waals surface area contributed by atoms with Gasteiger partial charge in [-0.25, -0.2) is 9.13 Å². The summed E-state index contributed by atoms with van der Waals surface area (Å²) in [7, 11) is -9.97. The first-order valence-electron chi connectivity index (χ1n) is 38.4. The summed E-state index contributed by atoms with van der Waals surface area (Å²) in [5.41, 5.74) is 0. The monoisotopic (exact) mass is 1440 g/mol. The van der Waals surface area contributed by atoms with Gasteiger partial charge < -0.3 is 33.8 Å². The fourth-order valence-corrected chi connectivity index (χ4v) is 11.4. The zero-order valence-corrected chi connectivity index (χ0v) is 64.1. The summed E-state index contributed by atoms with van der Waals surface area (Å²) in [5.74, 6) is -2.25. The third kappa shape index (κ3) is 71.6. The molecule has 0 amide bonds. The lowest BCUT2D eigenvalue weighted by atomic mass is 10.1. The van der Waals surface area contributed by atoms with Gasteiger partial charge in [0.2, 0.25) is 0 Å². The van der Waals surface area contributed by atoms with Gasteiger partial charge in [0.05, 0.1) is 26.4 Å². The van der Waals surface area contributed by atoms with Crippen LogP contribution in [0.25, 0.3) is 0 Å². The van der Waals surface area contributed by atoms with Crippen LogP contribution >= 0.6 is 15.6 Å². The van der Waals surface area contributed by atoms with Crippen molar-refractivity contribution in [2.24, 2.45) is 0 Å². The lowest BCUT2D eigenvalue weighted by Crippen LogP contribution is -2.30. The van der Waals surface area contributed by atoms with E-state index in [1.165, 1.54) is 25.7 Å². The summed E-state index contributed by atoms with van der Waals surface area (Å²) in [4.78, 5) is 72.9. The molecule has 0 saturated carbocycles. The first kappa shape index (κ1) is 95.2. The van der Waals surface area contributed by atoms with Crippen molar-refractivity contribution in [2.75, 3.05) is 39.6 Å². The van der Waals surface area contributed by atoms with E-state index >= 15 is 0 Å². The van der Waals surface area contributed by atoms with E-state index in [0.717, 1.165) is 193 Å².